The van der Waals surface area contributed by atoms with Crippen LogP contribution in [-0.4, -0.2) is 18.0 Å². The van der Waals surface area contributed by atoms with Crippen LogP contribution in [0.2, 0.25) is 10.0 Å². The second-order valence-electron chi connectivity index (χ2n) is 3.91. The maximum absolute atomic E-state index is 9.28. The highest BCUT2D eigenvalue weighted by Crippen LogP contribution is 2.34. The molecule has 0 N–H and O–H groups in total. The molecule has 84 valence electrons. The molecule has 1 aromatic rings. The molecule has 0 radical (unpaired) electrons. The molecule has 1 fully saturated rings. The second-order valence-corrected chi connectivity index (χ2v) is 4.72. The van der Waals surface area contributed by atoms with Gasteiger partial charge in [-0.15, -0.1) is 0 Å². The zero-order valence-electron chi connectivity index (χ0n) is 8.79. The van der Waals surface area contributed by atoms with Gasteiger partial charge in [0.15, 0.2) is 0 Å². The first-order valence-corrected chi connectivity index (χ1v) is 6.07. The molecule has 0 bridgehead atoms. The maximum atomic E-state index is 9.28. The molecule has 2 rings (SSSR count). The van der Waals surface area contributed by atoms with Crippen molar-refractivity contribution in [2.24, 2.45) is 0 Å². The van der Waals surface area contributed by atoms with Crippen molar-refractivity contribution in [3.05, 3.63) is 33.8 Å². The van der Waals surface area contributed by atoms with E-state index in [1.54, 1.807) is 18.2 Å². The third kappa shape index (κ3) is 2.17. The fraction of sp³-hybridized carbons (Fsp3) is 0.417. The van der Waals surface area contributed by atoms with Gasteiger partial charge in [-0.1, -0.05) is 29.3 Å². The fourth-order valence-corrected chi connectivity index (χ4v) is 2.70. The Morgan fingerprint density at radius 2 is 1.75 bits per heavy atom. The lowest BCUT2D eigenvalue weighted by Crippen LogP contribution is -2.24. The Morgan fingerprint density at radius 1 is 1.19 bits per heavy atom. The van der Waals surface area contributed by atoms with Gasteiger partial charge in [0, 0.05) is 15.6 Å². The van der Waals surface area contributed by atoms with Crippen LogP contribution in [0.4, 0.5) is 0 Å². The van der Waals surface area contributed by atoms with E-state index in [9.17, 15) is 5.26 Å². The summed E-state index contributed by atoms with van der Waals surface area (Å²) in [6.07, 6.45) is 2.28. The van der Waals surface area contributed by atoms with Gasteiger partial charge in [-0.25, -0.2) is 0 Å². The van der Waals surface area contributed by atoms with E-state index in [0.29, 0.717) is 10.0 Å². The molecule has 1 atom stereocenters. The van der Waals surface area contributed by atoms with Crippen LogP contribution in [0.15, 0.2) is 18.2 Å². The Labute approximate surface area is 105 Å². The molecule has 16 heavy (non-hydrogen) atoms. The van der Waals surface area contributed by atoms with Crippen molar-refractivity contribution in [1.29, 1.82) is 5.26 Å². The second kappa shape index (κ2) is 5.05. The van der Waals surface area contributed by atoms with E-state index in [0.717, 1.165) is 31.5 Å². The van der Waals surface area contributed by atoms with Gasteiger partial charge >= 0.3 is 0 Å². The van der Waals surface area contributed by atoms with E-state index in [1.807, 2.05) is 0 Å². The SMILES string of the molecule is N#CC(c1c(Cl)cccc1Cl)N1CCCC1. The first-order valence-electron chi connectivity index (χ1n) is 5.31. The lowest BCUT2D eigenvalue weighted by Gasteiger charge is -2.23. The molecule has 0 aliphatic carbocycles. The molecule has 4 heteroatoms. The summed E-state index contributed by atoms with van der Waals surface area (Å²) < 4.78 is 0. The number of rotatable bonds is 2. The molecule has 1 aromatic carbocycles. The third-order valence-electron chi connectivity index (χ3n) is 2.90. The number of hydrogen-bond donors (Lipinski definition) is 0. The largest absolute Gasteiger partial charge is 0.284 e. The summed E-state index contributed by atoms with van der Waals surface area (Å²) in [4.78, 5) is 2.13. The zero-order valence-corrected chi connectivity index (χ0v) is 10.3. The first-order chi connectivity index (χ1) is 7.74. The highest BCUT2D eigenvalue weighted by atomic mass is 35.5. The van der Waals surface area contributed by atoms with Crippen LogP contribution in [-0.2, 0) is 0 Å². The molecule has 0 saturated carbocycles. The van der Waals surface area contributed by atoms with Crippen LogP contribution < -0.4 is 0 Å². The Bertz CT molecular complexity index is 399. The van der Waals surface area contributed by atoms with Crippen LogP contribution in [0.3, 0.4) is 0 Å². The molecule has 1 saturated heterocycles. The molecule has 2 nitrogen and oxygen atoms in total. The number of benzene rings is 1. The summed E-state index contributed by atoms with van der Waals surface area (Å²) in [5.74, 6) is 0. The molecule has 1 aliphatic rings. The van der Waals surface area contributed by atoms with Crippen molar-refractivity contribution in [2.45, 2.75) is 18.9 Å². The van der Waals surface area contributed by atoms with Gasteiger partial charge in [0.1, 0.15) is 6.04 Å². The van der Waals surface area contributed by atoms with Crippen LogP contribution in [0.1, 0.15) is 24.4 Å². The van der Waals surface area contributed by atoms with E-state index < -0.39 is 0 Å². The molecule has 0 aromatic heterocycles. The van der Waals surface area contributed by atoms with Crippen molar-refractivity contribution in [3.8, 4) is 6.07 Å². The predicted molar refractivity (Wildman–Crippen MR) is 65.6 cm³/mol. The van der Waals surface area contributed by atoms with Gasteiger partial charge in [-0.3, -0.25) is 4.90 Å². The summed E-state index contributed by atoms with van der Waals surface area (Å²) in [5, 5.41) is 10.4. The third-order valence-corrected chi connectivity index (χ3v) is 3.56. The topological polar surface area (TPSA) is 27.0 Å². The lowest BCUT2D eigenvalue weighted by molar-refractivity contribution is 0.294. The van der Waals surface area contributed by atoms with Crippen LogP contribution >= 0.6 is 23.2 Å². The maximum Gasteiger partial charge on any atom is 0.126 e. The predicted octanol–water partition coefficient (Wildman–Crippen LogP) is 3.65. The molecular formula is C12H12Cl2N2. The minimum absolute atomic E-state index is 0.316. The van der Waals surface area contributed by atoms with E-state index in [1.165, 1.54) is 0 Å². The van der Waals surface area contributed by atoms with Gasteiger partial charge in [0.25, 0.3) is 0 Å². The fourth-order valence-electron chi connectivity index (χ4n) is 2.10. The minimum Gasteiger partial charge on any atom is -0.284 e. The van der Waals surface area contributed by atoms with E-state index >= 15 is 0 Å². The van der Waals surface area contributed by atoms with Gasteiger partial charge in [0.05, 0.1) is 6.07 Å². The molecule has 1 aliphatic heterocycles. The average molecular weight is 255 g/mol. The van der Waals surface area contributed by atoms with E-state index in [2.05, 4.69) is 11.0 Å². The van der Waals surface area contributed by atoms with Crippen molar-refractivity contribution >= 4 is 23.2 Å². The summed E-state index contributed by atoms with van der Waals surface area (Å²) >= 11 is 12.2. The molecular weight excluding hydrogens is 243 g/mol. The number of halogens is 2. The standard InChI is InChI=1S/C12H12Cl2N2/c13-9-4-3-5-10(14)12(9)11(8-15)16-6-1-2-7-16/h3-5,11H,1-2,6-7H2. The van der Waals surface area contributed by atoms with Gasteiger partial charge in [-0.2, -0.15) is 5.26 Å². The summed E-state index contributed by atoms with van der Waals surface area (Å²) in [7, 11) is 0. The summed E-state index contributed by atoms with van der Waals surface area (Å²) in [6.45, 7) is 1.89. The summed E-state index contributed by atoms with van der Waals surface area (Å²) in [5.41, 5.74) is 0.746. The van der Waals surface area contributed by atoms with Crippen LogP contribution in [0.25, 0.3) is 0 Å². The normalized spacial score (nSPS) is 18.3. The summed E-state index contributed by atoms with van der Waals surface area (Å²) in [6, 6.07) is 7.34. The smallest absolute Gasteiger partial charge is 0.126 e. The van der Waals surface area contributed by atoms with Gasteiger partial charge in [-0.05, 0) is 38.1 Å². The van der Waals surface area contributed by atoms with Gasteiger partial charge < -0.3 is 0 Å². The highest BCUT2D eigenvalue weighted by Gasteiger charge is 2.26. The van der Waals surface area contributed by atoms with Gasteiger partial charge in [0.2, 0.25) is 0 Å². The Kier molecular flexibility index (Phi) is 3.70. The Morgan fingerprint density at radius 3 is 2.25 bits per heavy atom. The van der Waals surface area contributed by atoms with Crippen LogP contribution in [0, 0.1) is 11.3 Å². The Hall–Kier alpha value is -0.750. The molecule has 0 amide bonds. The zero-order chi connectivity index (χ0) is 11.5. The minimum atomic E-state index is -0.316. The monoisotopic (exact) mass is 254 g/mol. The molecule has 1 unspecified atom stereocenters. The van der Waals surface area contributed by atoms with Crippen molar-refractivity contribution in [2.75, 3.05) is 13.1 Å². The highest BCUT2D eigenvalue weighted by molar-refractivity contribution is 6.36. The van der Waals surface area contributed by atoms with Crippen molar-refractivity contribution in [1.82, 2.24) is 4.90 Å². The number of nitriles is 1. The van der Waals surface area contributed by atoms with E-state index in [4.69, 9.17) is 23.2 Å². The molecule has 0 spiro atoms. The lowest BCUT2D eigenvalue weighted by atomic mass is 10.1. The number of nitrogens with zero attached hydrogens (tertiary/aromatic N) is 2. The van der Waals surface area contributed by atoms with Crippen LogP contribution in [0.5, 0.6) is 0 Å². The number of hydrogen-bond acceptors (Lipinski definition) is 2. The quantitative estimate of drug-likeness (QED) is 0.806. The first kappa shape index (κ1) is 11.7. The average Bonchev–Trinajstić information content (AvgIpc) is 2.77. The van der Waals surface area contributed by atoms with E-state index in [-0.39, 0.29) is 6.04 Å². The molecule has 1 heterocycles. The Balaban J connectivity index is 2.37. The number of likely N-dealkylation sites (tertiary alicyclic amines) is 1. The van der Waals surface area contributed by atoms with Crippen molar-refractivity contribution < 1.29 is 0 Å². The van der Waals surface area contributed by atoms with Crippen molar-refractivity contribution in [3.63, 3.8) is 0 Å².